The number of fused-ring (bicyclic) bond motifs is 3. The van der Waals surface area contributed by atoms with Gasteiger partial charge in [0.2, 0.25) is 0 Å². The van der Waals surface area contributed by atoms with Crippen LogP contribution in [0.15, 0.2) is 24.3 Å². The molecule has 100 valence electrons. The van der Waals surface area contributed by atoms with Gasteiger partial charge in [-0.3, -0.25) is 0 Å². The van der Waals surface area contributed by atoms with Crippen LogP contribution in [0.3, 0.4) is 0 Å². The number of hydrogen-bond acceptors (Lipinski definition) is 0. The van der Waals surface area contributed by atoms with Crippen LogP contribution in [0.2, 0.25) is 0 Å². The van der Waals surface area contributed by atoms with Crippen LogP contribution in [0.4, 0.5) is 0 Å². The van der Waals surface area contributed by atoms with E-state index in [0.717, 1.165) is 23.7 Å². The average Bonchev–Trinajstić information content (AvgIpc) is 2.71. The fourth-order valence-corrected chi connectivity index (χ4v) is 4.73. The molecule has 3 rings (SSSR count). The summed E-state index contributed by atoms with van der Waals surface area (Å²) < 4.78 is 0. The Hall–Kier alpha value is -0.520. The van der Waals surface area contributed by atoms with Crippen LogP contribution in [-0.2, 0) is 0 Å². The van der Waals surface area contributed by atoms with Gasteiger partial charge in [0.05, 0.1) is 0 Å². The van der Waals surface area contributed by atoms with Crippen molar-refractivity contribution < 1.29 is 0 Å². The SMILES string of the molecule is C1=CCC2CCCCC3CCCCCC3C2C=C1. The van der Waals surface area contributed by atoms with E-state index in [9.17, 15) is 0 Å². The molecule has 0 aromatic heterocycles. The van der Waals surface area contributed by atoms with Gasteiger partial charge in [0, 0.05) is 0 Å². The molecule has 0 aliphatic heterocycles. The fraction of sp³-hybridized carbons (Fsp3) is 0.778. The monoisotopic (exact) mass is 244 g/mol. The van der Waals surface area contributed by atoms with Gasteiger partial charge >= 0.3 is 0 Å². The van der Waals surface area contributed by atoms with E-state index in [1.54, 1.807) is 0 Å². The Balaban J connectivity index is 1.83. The molecule has 2 fully saturated rings. The third-order valence-corrected chi connectivity index (χ3v) is 5.68. The van der Waals surface area contributed by atoms with E-state index in [0.29, 0.717) is 0 Å². The standard InChI is InChI=1S/C18H28/c1-3-9-15-11-7-8-12-16-10-4-2-6-14-18(16)17(15)13-5-1/h1,3,5,13,15-18H,2,4,6-12,14H2. The first-order valence-corrected chi connectivity index (χ1v) is 8.28. The number of hydrogen-bond donors (Lipinski definition) is 0. The zero-order chi connectivity index (χ0) is 12.2. The van der Waals surface area contributed by atoms with Crippen LogP contribution >= 0.6 is 0 Å². The fourth-order valence-electron chi connectivity index (χ4n) is 4.73. The second kappa shape index (κ2) is 6.08. The van der Waals surface area contributed by atoms with Crippen molar-refractivity contribution in [1.29, 1.82) is 0 Å². The average molecular weight is 244 g/mol. The minimum Gasteiger partial charge on any atom is -0.0843 e. The molecular weight excluding hydrogens is 216 g/mol. The lowest BCUT2D eigenvalue weighted by atomic mass is 9.67. The molecule has 4 atom stereocenters. The summed E-state index contributed by atoms with van der Waals surface area (Å²) in [6.45, 7) is 0. The maximum Gasteiger partial charge on any atom is -0.0168 e. The molecule has 0 aromatic rings. The van der Waals surface area contributed by atoms with Crippen LogP contribution in [0.25, 0.3) is 0 Å². The number of rotatable bonds is 0. The lowest BCUT2D eigenvalue weighted by molar-refractivity contribution is 0.151. The summed E-state index contributed by atoms with van der Waals surface area (Å²) in [5, 5.41) is 0. The summed E-state index contributed by atoms with van der Waals surface area (Å²) in [5.41, 5.74) is 0. The van der Waals surface area contributed by atoms with E-state index in [1.807, 2.05) is 0 Å². The molecule has 0 saturated heterocycles. The molecule has 0 nitrogen and oxygen atoms in total. The van der Waals surface area contributed by atoms with Crippen molar-refractivity contribution in [3.8, 4) is 0 Å². The van der Waals surface area contributed by atoms with Gasteiger partial charge in [0.15, 0.2) is 0 Å². The minimum atomic E-state index is 0.892. The van der Waals surface area contributed by atoms with Gasteiger partial charge in [-0.05, 0) is 42.9 Å². The van der Waals surface area contributed by atoms with Crippen LogP contribution in [0.5, 0.6) is 0 Å². The van der Waals surface area contributed by atoms with E-state index in [4.69, 9.17) is 0 Å². The quantitative estimate of drug-likeness (QED) is 0.527. The smallest absolute Gasteiger partial charge is 0.0168 e. The third-order valence-electron chi connectivity index (χ3n) is 5.68. The van der Waals surface area contributed by atoms with E-state index < -0.39 is 0 Å². The highest BCUT2D eigenvalue weighted by Crippen LogP contribution is 2.44. The molecule has 0 heterocycles. The Morgan fingerprint density at radius 2 is 1.39 bits per heavy atom. The maximum atomic E-state index is 2.57. The summed E-state index contributed by atoms with van der Waals surface area (Å²) in [6.07, 6.45) is 24.4. The molecule has 0 N–H and O–H groups in total. The van der Waals surface area contributed by atoms with Gasteiger partial charge in [-0.2, -0.15) is 0 Å². The van der Waals surface area contributed by atoms with Gasteiger partial charge in [-0.1, -0.05) is 69.2 Å². The summed E-state index contributed by atoms with van der Waals surface area (Å²) in [5.74, 6) is 3.89. The van der Waals surface area contributed by atoms with E-state index in [1.165, 1.54) is 64.2 Å². The molecule has 3 aliphatic carbocycles. The van der Waals surface area contributed by atoms with Gasteiger partial charge in [-0.25, -0.2) is 0 Å². The zero-order valence-corrected chi connectivity index (χ0v) is 11.7. The van der Waals surface area contributed by atoms with Crippen molar-refractivity contribution in [2.45, 2.75) is 64.2 Å². The molecular formula is C18H28. The third kappa shape index (κ3) is 2.73. The van der Waals surface area contributed by atoms with Gasteiger partial charge < -0.3 is 0 Å². The molecule has 0 aromatic carbocycles. The lowest BCUT2D eigenvalue weighted by Gasteiger charge is -2.38. The van der Waals surface area contributed by atoms with Crippen molar-refractivity contribution in [2.75, 3.05) is 0 Å². The van der Waals surface area contributed by atoms with Gasteiger partial charge in [-0.15, -0.1) is 0 Å². The first kappa shape index (κ1) is 12.5. The van der Waals surface area contributed by atoms with Gasteiger partial charge in [0.25, 0.3) is 0 Å². The molecule has 0 heteroatoms. The normalized spacial score (nSPS) is 40.9. The highest BCUT2D eigenvalue weighted by molar-refractivity contribution is 5.11. The molecule has 4 unspecified atom stereocenters. The number of allylic oxidation sites excluding steroid dienone is 4. The molecule has 2 saturated carbocycles. The molecule has 18 heavy (non-hydrogen) atoms. The predicted molar refractivity (Wildman–Crippen MR) is 78.4 cm³/mol. The van der Waals surface area contributed by atoms with Crippen LogP contribution in [0.1, 0.15) is 64.2 Å². The summed E-state index contributed by atoms with van der Waals surface area (Å²) >= 11 is 0. The van der Waals surface area contributed by atoms with Crippen molar-refractivity contribution >= 4 is 0 Å². The predicted octanol–water partition coefficient (Wildman–Crippen LogP) is 5.51. The van der Waals surface area contributed by atoms with Crippen molar-refractivity contribution in [1.82, 2.24) is 0 Å². The highest BCUT2D eigenvalue weighted by Gasteiger charge is 2.34. The van der Waals surface area contributed by atoms with Crippen molar-refractivity contribution in [2.24, 2.45) is 23.7 Å². The molecule has 0 amide bonds. The van der Waals surface area contributed by atoms with E-state index in [-0.39, 0.29) is 0 Å². The summed E-state index contributed by atoms with van der Waals surface area (Å²) in [7, 11) is 0. The Bertz CT molecular complexity index is 312. The van der Waals surface area contributed by atoms with Crippen LogP contribution < -0.4 is 0 Å². The molecule has 0 radical (unpaired) electrons. The maximum absolute atomic E-state index is 2.57. The lowest BCUT2D eigenvalue weighted by Crippen LogP contribution is -2.29. The molecule has 3 aliphatic rings. The first-order chi connectivity index (χ1) is 8.95. The van der Waals surface area contributed by atoms with Crippen LogP contribution in [-0.4, -0.2) is 0 Å². The summed E-state index contributed by atoms with van der Waals surface area (Å²) in [4.78, 5) is 0. The van der Waals surface area contributed by atoms with Crippen molar-refractivity contribution in [3.63, 3.8) is 0 Å². The minimum absolute atomic E-state index is 0.892. The van der Waals surface area contributed by atoms with Crippen molar-refractivity contribution in [3.05, 3.63) is 24.3 Å². The Kier molecular flexibility index (Phi) is 4.23. The topological polar surface area (TPSA) is 0 Å². The molecule has 0 bridgehead atoms. The largest absolute Gasteiger partial charge is 0.0843 e. The first-order valence-electron chi connectivity index (χ1n) is 8.28. The van der Waals surface area contributed by atoms with E-state index >= 15 is 0 Å². The van der Waals surface area contributed by atoms with E-state index in [2.05, 4.69) is 24.3 Å². The zero-order valence-electron chi connectivity index (χ0n) is 11.7. The second-order valence-corrected chi connectivity index (χ2v) is 6.73. The molecule has 0 spiro atoms. The highest BCUT2D eigenvalue weighted by atomic mass is 14.4. The second-order valence-electron chi connectivity index (χ2n) is 6.73. The van der Waals surface area contributed by atoms with Gasteiger partial charge in [0.1, 0.15) is 0 Å². The summed E-state index contributed by atoms with van der Waals surface area (Å²) in [6, 6.07) is 0. The van der Waals surface area contributed by atoms with Crippen LogP contribution in [0, 0.1) is 23.7 Å². The Morgan fingerprint density at radius 1 is 0.667 bits per heavy atom. The Labute approximate surface area is 113 Å². The Morgan fingerprint density at radius 3 is 2.28 bits per heavy atom.